The van der Waals surface area contributed by atoms with E-state index in [9.17, 15) is 4.79 Å². The van der Waals surface area contributed by atoms with E-state index in [0.29, 0.717) is 12.1 Å². The zero-order chi connectivity index (χ0) is 15.8. The summed E-state index contributed by atoms with van der Waals surface area (Å²) in [5.41, 5.74) is 1.78. The quantitative estimate of drug-likeness (QED) is 0.710. The molecule has 0 aromatic heterocycles. The molecule has 0 unspecified atom stereocenters. The maximum atomic E-state index is 12.9. The molecule has 0 saturated carbocycles. The molecule has 2 heteroatoms. The summed E-state index contributed by atoms with van der Waals surface area (Å²) in [7, 11) is 0. The third-order valence-electron chi connectivity index (χ3n) is 3.46. The van der Waals surface area contributed by atoms with Crippen LogP contribution in [-0.4, -0.2) is 17.4 Å². The summed E-state index contributed by atoms with van der Waals surface area (Å²) >= 11 is 0. The second-order valence-corrected chi connectivity index (χ2v) is 4.99. The first-order valence-corrected chi connectivity index (χ1v) is 7.42. The fraction of sp³-hybridized carbons (Fsp3) is 0.150. The van der Waals surface area contributed by atoms with Crippen molar-refractivity contribution in [1.82, 2.24) is 4.90 Å². The number of hydrogen-bond donors (Lipinski definition) is 0. The Kier molecular flexibility index (Phi) is 5.73. The molecule has 0 heterocycles. The Labute approximate surface area is 132 Å². The van der Waals surface area contributed by atoms with E-state index < -0.39 is 0 Å². The fourth-order valence-electron chi connectivity index (χ4n) is 2.44. The zero-order valence-corrected chi connectivity index (χ0v) is 12.9. The van der Waals surface area contributed by atoms with Crippen LogP contribution in [0.15, 0.2) is 85.5 Å². The van der Waals surface area contributed by atoms with Crippen LogP contribution in [0, 0.1) is 0 Å². The van der Waals surface area contributed by atoms with Crippen LogP contribution in [0.1, 0.15) is 28.9 Å². The normalized spacial score (nSPS) is 12.0. The monoisotopic (exact) mass is 291 g/mol. The number of allylic oxidation sites excluding steroid dienone is 1. The lowest BCUT2D eigenvalue weighted by Gasteiger charge is -2.29. The minimum Gasteiger partial charge on any atom is -0.324 e. The van der Waals surface area contributed by atoms with Crippen LogP contribution in [0.25, 0.3) is 0 Å². The molecule has 2 nitrogen and oxygen atoms in total. The predicted octanol–water partition coefficient (Wildman–Crippen LogP) is 4.63. The Hall–Kier alpha value is -2.61. The van der Waals surface area contributed by atoms with Crippen LogP contribution >= 0.6 is 0 Å². The van der Waals surface area contributed by atoms with Crippen molar-refractivity contribution in [2.45, 2.75) is 13.0 Å². The van der Waals surface area contributed by atoms with Crippen molar-refractivity contribution < 1.29 is 4.79 Å². The van der Waals surface area contributed by atoms with E-state index in [4.69, 9.17) is 0 Å². The zero-order valence-electron chi connectivity index (χ0n) is 12.9. The van der Waals surface area contributed by atoms with Gasteiger partial charge in [0.05, 0.1) is 6.04 Å². The molecule has 2 aromatic rings. The van der Waals surface area contributed by atoms with Crippen LogP contribution in [0.5, 0.6) is 0 Å². The Morgan fingerprint density at radius 2 is 1.68 bits per heavy atom. The SMILES string of the molecule is C=CCN(C(=O)c1ccccc1)[C@@H](/C=C/C)c1ccccc1. The Morgan fingerprint density at radius 3 is 2.23 bits per heavy atom. The highest BCUT2D eigenvalue weighted by Crippen LogP contribution is 2.24. The van der Waals surface area contributed by atoms with Gasteiger partial charge < -0.3 is 4.90 Å². The molecule has 0 aliphatic heterocycles. The second-order valence-electron chi connectivity index (χ2n) is 4.99. The smallest absolute Gasteiger partial charge is 0.254 e. The summed E-state index contributed by atoms with van der Waals surface area (Å²) in [5, 5.41) is 0. The van der Waals surface area contributed by atoms with Crippen molar-refractivity contribution in [2.75, 3.05) is 6.54 Å². The lowest BCUT2D eigenvalue weighted by atomic mass is 10.0. The van der Waals surface area contributed by atoms with Gasteiger partial charge in [-0.05, 0) is 24.6 Å². The van der Waals surface area contributed by atoms with E-state index in [2.05, 4.69) is 6.58 Å². The Morgan fingerprint density at radius 1 is 1.09 bits per heavy atom. The minimum atomic E-state index is -0.100. The highest BCUT2D eigenvalue weighted by molar-refractivity contribution is 5.94. The van der Waals surface area contributed by atoms with Gasteiger partial charge in [-0.15, -0.1) is 6.58 Å². The molecule has 0 spiro atoms. The van der Waals surface area contributed by atoms with Gasteiger partial charge in [-0.1, -0.05) is 66.8 Å². The van der Waals surface area contributed by atoms with E-state index in [0.717, 1.165) is 5.56 Å². The summed E-state index contributed by atoms with van der Waals surface area (Å²) in [6.45, 7) is 6.26. The molecular weight excluding hydrogens is 270 g/mol. The van der Waals surface area contributed by atoms with Crippen LogP contribution < -0.4 is 0 Å². The van der Waals surface area contributed by atoms with Gasteiger partial charge in [0.2, 0.25) is 0 Å². The Bertz CT molecular complexity index is 631. The molecule has 112 valence electrons. The number of carbonyl (C=O) groups is 1. The first-order valence-electron chi connectivity index (χ1n) is 7.42. The fourth-order valence-corrected chi connectivity index (χ4v) is 2.44. The standard InChI is InChI=1S/C20H21NO/c1-3-11-19(17-12-7-5-8-13-17)21(16-4-2)20(22)18-14-9-6-10-15-18/h3-15,19H,2,16H2,1H3/b11-3+/t19-/m0/s1. The van der Waals surface area contributed by atoms with E-state index >= 15 is 0 Å². The van der Waals surface area contributed by atoms with Gasteiger partial charge in [-0.25, -0.2) is 0 Å². The number of carbonyl (C=O) groups excluding carboxylic acids is 1. The summed E-state index contributed by atoms with van der Waals surface area (Å²) in [5.74, 6) is 0.00690. The minimum absolute atomic E-state index is 0.00690. The topological polar surface area (TPSA) is 20.3 Å². The van der Waals surface area contributed by atoms with Gasteiger partial charge in [0.1, 0.15) is 0 Å². The largest absolute Gasteiger partial charge is 0.324 e. The molecule has 0 bridgehead atoms. The van der Waals surface area contributed by atoms with Crippen molar-refractivity contribution in [1.29, 1.82) is 0 Å². The third-order valence-corrected chi connectivity index (χ3v) is 3.46. The van der Waals surface area contributed by atoms with E-state index in [1.807, 2.05) is 84.6 Å². The van der Waals surface area contributed by atoms with Gasteiger partial charge >= 0.3 is 0 Å². The van der Waals surface area contributed by atoms with E-state index in [1.165, 1.54) is 0 Å². The maximum Gasteiger partial charge on any atom is 0.254 e. The molecule has 0 aliphatic carbocycles. The average Bonchev–Trinajstić information content (AvgIpc) is 2.59. The highest BCUT2D eigenvalue weighted by atomic mass is 16.2. The molecule has 1 amide bonds. The van der Waals surface area contributed by atoms with Crippen molar-refractivity contribution in [3.63, 3.8) is 0 Å². The molecule has 0 fully saturated rings. The summed E-state index contributed by atoms with van der Waals surface area (Å²) in [6.07, 6.45) is 5.78. The first kappa shape index (κ1) is 15.8. The molecule has 22 heavy (non-hydrogen) atoms. The van der Waals surface area contributed by atoms with Gasteiger partial charge in [0.25, 0.3) is 5.91 Å². The van der Waals surface area contributed by atoms with Crippen LogP contribution in [0.4, 0.5) is 0 Å². The first-order chi connectivity index (χ1) is 10.8. The van der Waals surface area contributed by atoms with Gasteiger partial charge in [-0.3, -0.25) is 4.79 Å². The Balaban J connectivity index is 2.39. The predicted molar refractivity (Wildman–Crippen MR) is 91.7 cm³/mol. The lowest BCUT2D eigenvalue weighted by molar-refractivity contribution is 0.0734. The molecule has 0 saturated heterocycles. The molecule has 2 aromatic carbocycles. The van der Waals surface area contributed by atoms with Crippen molar-refractivity contribution in [3.8, 4) is 0 Å². The van der Waals surface area contributed by atoms with Gasteiger partial charge in [0.15, 0.2) is 0 Å². The number of nitrogens with zero attached hydrogens (tertiary/aromatic N) is 1. The van der Waals surface area contributed by atoms with Crippen molar-refractivity contribution in [3.05, 3.63) is 96.6 Å². The molecule has 0 radical (unpaired) electrons. The summed E-state index contributed by atoms with van der Waals surface area (Å²) in [6, 6.07) is 19.3. The molecule has 0 N–H and O–H groups in total. The van der Waals surface area contributed by atoms with Gasteiger partial charge in [-0.2, -0.15) is 0 Å². The molecule has 0 aliphatic rings. The number of rotatable bonds is 6. The average molecular weight is 291 g/mol. The van der Waals surface area contributed by atoms with E-state index in [1.54, 1.807) is 6.08 Å². The maximum absolute atomic E-state index is 12.9. The summed E-state index contributed by atoms with van der Waals surface area (Å²) in [4.78, 5) is 14.7. The molecule has 1 atom stereocenters. The number of hydrogen-bond acceptors (Lipinski definition) is 1. The van der Waals surface area contributed by atoms with Crippen molar-refractivity contribution >= 4 is 5.91 Å². The molecule has 2 rings (SSSR count). The van der Waals surface area contributed by atoms with Gasteiger partial charge in [0, 0.05) is 12.1 Å². The van der Waals surface area contributed by atoms with Crippen LogP contribution in [0.2, 0.25) is 0 Å². The van der Waals surface area contributed by atoms with E-state index in [-0.39, 0.29) is 11.9 Å². The lowest BCUT2D eigenvalue weighted by Crippen LogP contribution is -2.34. The second kappa shape index (κ2) is 7.99. The number of benzene rings is 2. The number of amides is 1. The summed E-state index contributed by atoms with van der Waals surface area (Å²) < 4.78 is 0. The van der Waals surface area contributed by atoms with Crippen molar-refractivity contribution in [2.24, 2.45) is 0 Å². The molecular formula is C20H21NO. The third kappa shape index (κ3) is 3.73. The van der Waals surface area contributed by atoms with Crippen LogP contribution in [-0.2, 0) is 0 Å². The van der Waals surface area contributed by atoms with Crippen LogP contribution in [0.3, 0.4) is 0 Å². The highest BCUT2D eigenvalue weighted by Gasteiger charge is 2.22.